The van der Waals surface area contributed by atoms with E-state index in [4.69, 9.17) is 4.52 Å². The first-order chi connectivity index (χ1) is 12.2. The molecule has 1 fully saturated rings. The van der Waals surface area contributed by atoms with Crippen LogP contribution in [0.2, 0.25) is 0 Å². The quantitative estimate of drug-likeness (QED) is 0.480. The molecule has 0 bridgehead atoms. The second kappa shape index (κ2) is 8.96. The summed E-state index contributed by atoms with van der Waals surface area (Å²) in [6.07, 6.45) is 3.72. The number of aliphatic imine (C=N–C) groups is 1. The van der Waals surface area contributed by atoms with E-state index in [0.29, 0.717) is 0 Å². The molecule has 0 aromatic carbocycles. The van der Waals surface area contributed by atoms with Crippen molar-refractivity contribution in [3.05, 3.63) is 34.1 Å². The minimum absolute atomic E-state index is 0.851. The minimum Gasteiger partial charge on any atom is -0.364 e. The lowest BCUT2D eigenvalue weighted by atomic mass is 10.3. The van der Waals surface area contributed by atoms with Crippen LogP contribution in [-0.4, -0.2) is 65.7 Å². The minimum atomic E-state index is 0.851. The van der Waals surface area contributed by atoms with Gasteiger partial charge in [-0.05, 0) is 13.3 Å². The first-order valence-electron chi connectivity index (χ1n) is 8.73. The number of aromatic nitrogens is 2. The summed E-state index contributed by atoms with van der Waals surface area (Å²) in [6.45, 7) is 7.78. The normalized spacial score (nSPS) is 16.4. The van der Waals surface area contributed by atoms with E-state index in [1.807, 2.05) is 20.0 Å². The zero-order valence-electron chi connectivity index (χ0n) is 14.9. The van der Waals surface area contributed by atoms with Crippen LogP contribution in [0.25, 0.3) is 0 Å². The Balaban J connectivity index is 1.37. The molecule has 0 saturated carbocycles. The fraction of sp³-hybridized carbons (Fsp3) is 0.588. The van der Waals surface area contributed by atoms with Crippen LogP contribution in [0.4, 0.5) is 0 Å². The predicted molar refractivity (Wildman–Crippen MR) is 99.9 cm³/mol. The molecule has 0 radical (unpaired) electrons. The van der Waals surface area contributed by atoms with Crippen molar-refractivity contribution in [2.24, 2.45) is 4.99 Å². The lowest BCUT2D eigenvalue weighted by Crippen LogP contribution is -2.52. The van der Waals surface area contributed by atoms with Gasteiger partial charge in [-0.3, -0.25) is 9.89 Å². The molecular formula is C17H26N6OS. The van der Waals surface area contributed by atoms with Gasteiger partial charge in [0.1, 0.15) is 6.26 Å². The summed E-state index contributed by atoms with van der Waals surface area (Å²) >= 11 is 1.75. The fourth-order valence-electron chi connectivity index (χ4n) is 2.96. The van der Waals surface area contributed by atoms with Gasteiger partial charge in [0, 0.05) is 69.9 Å². The molecule has 0 spiro atoms. The number of aryl methyl sites for hydroxylation is 2. The Labute approximate surface area is 152 Å². The summed E-state index contributed by atoms with van der Waals surface area (Å²) < 4.78 is 4.90. The summed E-state index contributed by atoms with van der Waals surface area (Å²) in [7, 11) is 1.86. The number of guanidine groups is 1. The molecule has 1 saturated heterocycles. The van der Waals surface area contributed by atoms with E-state index in [2.05, 4.69) is 35.6 Å². The van der Waals surface area contributed by atoms with E-state index in [9.17, 15) is 0 Å². The zero-order valence-corrected chi connectivity index (χ0v) is 15.8. The Morgan fingerprint density at radius 1 is 1.36 bits per heavy atom. The van der Waals surface area contributed by atoms with Gasteiger partial charge in [-0.25, -0.2) is 4.98 Å². The number of hydrogen-bond acceptors (Lipinski definition) is 6. The maximum absolute atomic E-state index is 4.90. The van der Waals surface area contributed by atoms with Crippen molar-refractivity contribution in [2.45, 2.75) is 26.3 Å². The van der Waals surface area contributed by atoms with Crippen molar-refractivity contribution in [3.63, 3.8) is 0 Å². The molecule has 0 aliphatic carbocycles. The topological polar surface area (TPSA) is 69.8 Å². The van der Waals surface area contributed by atoms with Crippen LogP contribution in [0.3, 0.4) is 0 Å². The third kappa shape index (κ3) is 5.27. The Morgan fingerprint density at radius 3 is 2.84 bits per heavy atom. The van der Waals surface area contributed by atoms with Crippen LogP contribution in [0, 0.1) is 6.92 Å². The molecular weight excluding hydrogens is 336 g/mol. The van der Waals surface area contributed by atoms with Crippen molar-refractivity contribution in [2.75, 3.05) is 39.8 Å². The van der Waals surface area contributed by atoms with E-state index in [0.717, 1.165) is 69.5 Å². The third-order valence-electron chi connectivity index (χ3n) is 4.28. The van der Waals surface area contributed by atoms with Gasteiger partial charge in [0.15, 0.2) is 5.96 Å². The molecule has 1 aliphatic rings. The Hall–Kier alpha value is -1.93. The van der Waals surface area contributed by atoms with Gasteiger partial charge in [0.2, 0.25) is 0 Å². The number of hydrogen-bond donors (Lipinski definition) is 1. The molecule has 1 aliphatic heterocycles. The molecule has 0 atom stereocenters. The fourth-order valence-corrected chi connectivity index (χ4v) is 3.77. The number of rotatable bonds is 6. The average Bonchev–Trinajstić information content (AvgIpc) is 3.28. The lowest BCUT2D eigenvalue weighted by Gasteiger charge is -2.36. The molecule has 1 N–H and O–H groups in total. The van der Waals surface area contributed by atoms with Gasteiger partial charge in [0.25, 0.3) is 0 Å². The molecule has 0 amide bonds. The Morgan fingerprint density at radius 2 is 2.20 bits per heavy atom. The van der Waals surface area contributed by atoms with E-state index >= 15 is 0 Å². The van der Waals surface area contributed by atoms with Crippen LogP contribution in [0.5, 0.6) is 0 Å². The lowest BCUT2D eigenvalue weighted by molar-refractivity contribution is 0.169. The number of nitrogens with zero attached hydrogens (tertiary/aromatic N) is 5. The van der Waals surface area contributed by atoms with Crippen LogP contribution >= 0.6 is 11.3 Å². The zero-order chi connectivity index (χ0) is 17.5. The molecule has 3 heterocycles. The van der Waals surface area contributed by atoms with Crippen LogP contribution in [0.1, 0.15) is 22.8 Å². The highest BCUT2D eigenvalue weighted by Crippen LogP contribution is 2.10. The first kappa shape index (κ1) is 17.9. The monoisotopic (exact) mass is 362 g/mol. The summed E-state index contributed by atoms with van der Waals surface area (Å²) in [5, 5.41) is 10.8. The smallest absolute Gasteiger partial charge is 0.193 e. The number of nitrogens with one attached hydrogen (secondary N) is 1. The summed E-state index contributed by atoms with van der Waals surface area (Å²) in [4.78, 5) is 13.7. The Bertz CT molecular complexity index is 660. The molecule has 25 heavy (non-hydrogen) atoms. The Kier molecular flexibility index (Phi) is 6.41. The van der Waals surface area contributed by atoms with Gasteiger partial charge in [-0.15, -0.1) is 11.3 Å². The van der Waals surface area contributed by atoms with Crippen LogP contribution in [0.15, 0.2) is 27.2 Å². The highest BCUT2D eigenvalue weighted by atomic mass is 32.1. The largest absolute Gasteiger partial charge is 0.364 e. The molecule has 136 valence electrons. The van der Waals surface area contributed by atoms with Gasteiger partial charge in [0.05, 0.1) is 10.7 Å². The second-order valence-corrected chi connectivity index (χ2v) is 7.16. The number of thiazole rings is 1. The highest BCUT2D eigenvalue weighted by Gasteiger charge is 2.20. The van der Waals surface area contributed by atoms with Gasteiger partial charge in [-0.2, -0.15) is 0 Å². The molecule has 8 heteroatoms. The van der Waals surface area contributed by atoms with Crippen molar-refractivity contribution in [1.29, 1.82) is 0 Å². The van der Waals surface area contributed by atoms with E-state index in [1.54, 1.807) is 17.6 Å². The molecule has 2 aromatic heterocycles. The highest BCUT2D eigenvalue weighted by molar-refractivity contribution is 7.09. The SMILES string of the molecule is CN=C(NCCCc1nc(C)cs1)N1CCN(Cc2ccon2)CC1. The molecule has 3 rings (SSSR count). The summed E-state index contributed by atoms with van der Waals surface area (Å²) in [5.74, 6) is 0.997. The molecule has 2 aromatic rings. The maximum atomic E-state index is 4.90. The van der Waals surface area contributed by atoms with Crippen molar-refractivity contribution >= 4 is 17.3 Å². The van der Waals surface area contributed by atoms with E-state index in [-0.39, 0.29) is 0 Å². The first-order valence-corrected chi connectivity index (χ1v) is 9.61. The summed E-state index contributed by atoms with van der Waals surface area (Å²) in [5.41, 5.74) is 2.11. The summed E-state index contributed by atoms with van der Waals surface area (Å²) in [6, 6.07) is 1.93. The van der Waals surface area contributed by atoms with Gasteiger partial charge < -0.3 is 14.7 Å². The standard InChI is InChI=1S/C17H26N6OS/c1-14-13-25-16(20-14)4-3-6-19-17(18-2)23-9-7-22(8-10-23)12-15-5-11-24-21-15/h5,11,13H,3-4,6-10,12H2,1-2H3,(H,18,19). The van der Waals surface area contributed by atoms with Crippen molar-refractivity contribution < 1.29 is 4.52 Å². The van der Waals surface area contributed by atoms with Gasteiger partial charge in [-0.1, -0.05) is 5.16 Å². The predicted octanol–water partition coefficient (Wildman–Crippen LogP) is 1.77. The maximum Gasteiger partial charge on any atom is 0.193 e. The van der Waals surface area contributed by atoms with Crippen LogP contribution in [-0.2, 0) is 13.0 Å². The van der Waals surface area contributed by atoms with E-state index < -0.39 is 0 Å². The number of piperazine rings is 1. The van der Waals surface area contributed by atoms with Crippen LogP contribution < -0.4 is 5.32 Å². The van der Waals surface area contributed by atoms with Crippen molar-refractivity contribution in [3.8, 4) is 0 Å². The molecule has 0 unspecified atom stereocenters. The third-order valence-corrected chi connectivity index (χ3v) is 5.30. The van der Waals surface area contributed by atoms with Crippen molar-refractivity contribution in [1.82, 2.24) is 25.3 Å². The average molecular weight is 363 g/mol. The van der Waals surface area contributed by atoms with E-state index in [1.165, 1.54) is 5.01 Å². The second-order valence-electron chi connectivity index (χ2n) is 6.21. The van der Waals surface area contributed by atoms with Gasteiger partial charge >= 0.3 is 0 Å². The molecule has 7 nitrogen and oxygen atoms in total.